The Bertz CT molecular complexity index is 539. The molecule has 0 atom stereocenters. The molecule has 5 heteroatoms. The van der Waals surface area contributed by atoms with E-state index in [9.17, 15) is 9.59 Å². The Kier molecular flexibility index (Phi) is 5.37. The first-order valence-corrected chi connectivity index (χ1v) is 6.96. The average molecular weight is 289 g/mol. The standard InChI is InChI=1S/C16H19NO4/c1-20-14-6-3-2-5-13(14)8-9-16(19)21-12-11-17-10-4-7-15(17)18/h2-3,5-6,8-9H,4,7,10-12H2,1H3. The minimum atomic E-state index is -0.424. The molecular formula is C16H19NO4. The summed E-state index contributed by atoms with van der Waals surface area (Å²) in [5.41, 5.74) is 0.812. The van der Waals surface area contributed by atoms with E-state index >= 15 is 0 Å². The molecule has 1 heterocycles. The molecule has 0 saturated carbocycles. The smallest absolute Gasteiger partial charge is 0.330 e. The van der Waals surface area contributed by atoms with Crippen molar-refractivity contribution in [3.05, 3.63) is 35.9 Å². The Balaban J connectivity index is 1.78. The molecule has 112 valence electrons. The average Bonchev–Trinajstić information content (AvgIpc) is 2.91. The third-order valence-electron chi connectivity index (χ3n) is 3.31. The Hall–Kier alpha value is -2.30. The van der Waals surface area contributed by atoms with Gasteiger partial charge in [-0.25, -0.2) is 4.79 Å². The number of para-hydroxylation sites is 1. The molecule has 0 aliphatic carbocycles. The fourth-order valence-electron chi connectivity index (χ4n) is 2.21. The fourth-order valence-corrected chi connectivity index (χ4v) is 2.21. The number of esters is 1. The van der Waals surface area contributed by atoms with E-state index in [4.69, 9.17) is 9.47 Å². The Morgan fingerprint density at radius 1 is 1.38 bits per heavy atom. The topological polar surface area (TPSA) is 55.8 Å². The van der Waals surface area contributed by atoms with Gasteiger partial charge < -0.3 is 14.4 Å². The van der Waals surface area contributed by atoms with Crippen LogP contribution in [0.4, 0.5) is 0 Å². The highest BCUT2D eigenvalue weighted by molar-refractivity contribution is 5.87. The highest BCUT2D eigenvalue weighted by atomic mass is 16.5. The van der Waals surface area contributed by atoms with Gasteiger partial charge in [-0.3, -0.25) is 4.79 Å². The summed E-state index contributed by atoms with van der Waals surface area (Å²) in [5.74, 6) is 0.410. The third-order valence-corrected chi connectivity index (χ3v) is 3.31. The van der Waals surface area contributed by atoms with Crippen LogP contribution in [0, 0.1) is 0 Å². The van der Waals surface area contributed by atoms with Crippen LogP contribution >= 0.6 is 0 Å². The fraction of sp³-hybridized carbons (Fsp3) is 0.375. The zero-order valence-corrected chi connectivity index (χ0v) is 12.1. The number of hydrogen-bond donors (Lipinski definition) is 0. The molecule has 0 unspecified atom stereocenters. The molecule has 0 aromatic heterocycles. The maximum Gasteiger partial charge on any atom is 0.330 e. The monoisotopic (exact) mass is 289 g/mol. The number of rotatable bonds is 6. The normalized spacial score (nSPS) is 14.7. The first kappa shape index (κ1) is 15.1. The van der Waals surface area contributed by atoms with Crippen molar-refractivity contribution in [2.75, 3.05) is 26.8 Å². The van der Waals surface area contributed by atoms with Crippen LogP contribution in [0.15, 0.2) is 30.3 Å². The Morgan fingerprint density at radius 2 is 2.19 bits per heavy atom. The molecule has 1 aliphatic heterocycles. The third kappa shape index (κ3) is 4.34. The maximum atomic E-state index is 11.6. The van der Waals surface area contributed by atoms with Crippen molar-refractivity contribution in [3.63, 3.8) is 0 Å². The summed E-state index contributed by atoms with van der Waals surface area (Å²) in [6.07, 6.45) is 4.51. The van der Waals surface area contributed by atoms with Crippen LogP contribution < -0.4 is 4.74 Å². The number of methoxy groups -OCH3 is 1. The van der Waals surface area contributed by atoms with E-state index in [1.165, 1.54) is 6.08 Å². The molecule has 1 aliphatic rings. The lowest BCUT2D eigenvalue weighted by Crippen LogP contribution is -2.29. The van der Waals surface area contributed by atoms with Gasteiger partial charge in [-0.15, -0.1) is 0 Å². The molecule has 1 saturated heterocycles. The molecule has 0 bridgehead atoms. The zero-order valence-electron chi connectivity index (χ0n) is 12.1. The number of ether oxygens (including phenoxy) is 2. The lowest BCUT2D eigenvalue weighted by molar-refractivity contribution is -0.139. The van der Waals surface area contributed by atoms with Crippen molar-refractivity contribution in [1.82, 2.24) is 4.90 Å². The van der Waals surface area contributed by atoms with E-state index in [1.54, 1.807) is 18.1 Å². The van der Waals surface area contributed by atoms with Gasteiger partial charge >= 0.3 is 5.97 Å². The number of nitrogens with zero attached hydrogens (tertiary/aromatic N) is 1. The van der Waals surface area contributed by atoms with E-state index in [2.05, 4.69) is 0 Å². The molecule has 0 radical (unpaired) electrons. The van der Waals surface area contributed by atoms with Crippen molar-refractivity contribution in [1.29, 1.82) is 0 Å². The van der Waals surface area contributed by atoms with Crippen LogP contribution in [0.25, 0.3) is 6.08 Å². The summed E-state index contributed by atoms with van der Waals surface area (Å²) >= 11 is 0. The first-order valence-electron chi connectivity index (χ1n) is 6.96. The zero-order chi connectivity index (χ0) is 15.1. The molecule has 2 rings (SSSR count). The first-order chi connectivity index (χ1) is 10.2. The van der Waals surface area contributed by atoms with Gasteiger partial charge in [0, 0.05) is 24.6 Å². The summed E-state index contributed by atoms with van der Waals surface area (Å²) in [6, 6.07) is 7.41. The van der Waals surface area contributed by atoms with Crippen molar-refractivity contribution in [2.24, 2.45) is 0 Å². The van der Waals surface area contributed by atoms with Crippen LogP contribution in [0.3, 0.4) is 0 Å². The molecule has 1 fully saturated rings. The number of benzene rings is 1. The van der Waals surface area contributed by atoms with Gasteiger partial charge in [0.05, 0.1) is 13.7 Å². The van der Waals surface area contributed by atoms with Gasteiger partial charge in [0.25, 0.3) is 0 Å². The number of amides is 1. The summed E-state index contributed by atoms with van der Waals surface area (Å²) in [6.45, 7) is 1.45. The van der Waals surface area contributed by atoms with Crippen molar-refractivity contribution in [3.8, 4) is 5.75 Å². The van der Waals surface area contributed by atoms with Crippen LogP contribution in [0.5, 0.6) is 5.75 Å². The minimum absolute atomic E-state index is 0.135. The summed E-state index contributed by atoms with van der Waals surface area (Å²) in [4.78, 5) is 24.7. The van der Waals surface area contributed by atoms with Crippen LogP contribution in [-0.2, 0) is 14.3 Å². The minimum Gasteiger partial charge on any atom is -0.496 e. The molecule has 1 aromatic rings. The van der Waals surface area contributed by atoms with Crippen molar-refractivity contribution in [2.45, 2.75) is 12.8 Å². The van der Waals surface area contributed by atoms with Crippen LogP contribution in [-0.4, -0.2) is 43.6 Å². The predicted octanol–water partition coefficient (Wildman–Crippen LogP) is 1.87. The van der Waals surface area contributed by atoms with Gasteiger partial charge in [0.2, 0.25) is 5.91 Å². The van der Waals surface area contributed by atoms with Crippen LogP contribution in [0.2, 0.25) is 0 Å². The quantitative estimate of drug-likeness (QED) is 0.592. The molecule has 0 spiro atoms. The second kappa shape index (κ2) is 7.47. The number of carbonyl (C=O) groups is 2. The second-order valence-electron chi connectivity index (χ2n) is 4.73. The molecule has 1 amide bonds. The van der Waals surface area contributed by atoms with E-state index < -0.39 is 5.97 Å². The molecule has 21 heavy (non-hydrogen) atoms. The predicted molar refractivity (Wildman–Crippen MR) is 78.8 cm³/mol. The van der Waals surface area contributed by atoms with Crippen molar-refractivity contribution < 1.29 is 19.1 Å². The Labute approximate surface area is 124 Å². The van der Waals surface area contributed by atoms with E-state index in [-0.39, 0.29) is 12.5 Å². The van der Waals surface area contributed by atoms with E-state index in [1.807, 2.05) is 24.3 Å². The van der Waals surface area contributed by atoms with Gasteiger partial charge in [0.15, 0.2) is 0 Å². The SMILES string of the molecule is COc1ccccc1C=CC(=O)OCCN1CCCC1=O. The summed E-state index contributed by atoms with van der Waals surface area (Å²) in [7, 11) is 1.58. The van der Waals surface area contributed by atoms with Gasteiger partial charge in [-0.2, -0.15) is 0 Å². The van der Waals surface area contributed by atoms with Gasteiger partial charge in [0.1, 0.15) is 12.4 Å². The lowest BCUT2D eigenvalue weighted by atomic mass is 10.2. The Morgan fingerprint density at radius 3 is 2.90 bits per heavy atom. The highest BCUT2D eigenvalue weighted by Gasteiger charge is 2.19. The van der Waals surface area contributed by atoms with Gasteiger partial charge in [-0.1, -0.05) is 18.2 Å². The second-order valence-corrected chi connectivity index (χ2v) is 4.73. The number of hydrogen-bond acceptors (Lipinski definition) is 4. The largest absolute Gasteiger partial charge is 0.496 e. The summed E-state index contributed by atoms with van der Waals surface area (Å²) in [5, 5.41) is 0. The molecular weight excluding hydrogens is 270 g/mol. The maximum absolute atomic E-state index is 11.6. The molecule has 0 N–H and O–H groups in total. The molecule has 1 aromatic carbocycles. The van der Waals surface area contributed by atoms with E-state index in [0.29, 0.717) is 18.7 Å². The lowest BCUT2D eigenvalue weighted by Gasteiger charge is -2.14. The number of carbonyl (C=O) groups excluding carboxylic acids is 2. The van der Waals surface area contributed by atoms with E-state index in [0.717, 1.165) is 18.5 Å². The molecule has 5 nitrogen and oxygen atoms in total. The van der Waals surface area contributed by atoms with Gasteiger partial charge in [-0.05, 0) is 18.6 Å². The van der Waals surface area contributed by atoms with Crippen LogP contribution in [0.1, 0.15) is 18.4 Å². The number of likely N-dealkylation sites (tertiary alicyclic amines) is 1. The summed E-state index contributed by atoms with van der Waals surface area (Å²) < 4.78 is 10.3. The van der Waals surface area contributed by atoms with Crippen molar-refractivity contribution >= 4 is 18.0 Å². The highest BCUT2D eigenvalue weighted by Crippen LogP contribution is 2.18.